The zero-order valence-electron chi connectivity index (χ0n) is 22.3. The van der Waals surface area contributed by atoms with Crippen molar-refractivity contribution in [3.05, 3.63) is 133 Å². The summed E-state index contributed by atoms with van der Waals surface area (Å²) in [4.78, 5) is 15.1. The summed E-state index contributed by atoms with van der Waals surface area (Å²) in [6.07, 6.45) is 1.83. The topological polar surface area (TPSA) is 43.6 Å². The lowest BCUT2D eigenvalue weighted by Crippen LogP contribution is -2.18. The molecular weight excluding hydrogens is 488 g/mol. The van der Waals surface area contributed by atoms with E-state index in [1.54, 1.807) is 0 Å². The van der Waals surface area contributed by atoms with E-state index in [2.05, 4.69) is 97.3 Å². The van der Waals surface area contributed by atoms with Crippen LogP contribution in [0, 0.1) is 0 Å². The summed E-state index contributed by atoms with van der Waals surface area (Å²) >= 11 is 0. The number of benzene rings is 4. The standard InChI is InChI=1S/C36H26N4/c1-36(2)28-22-24(40-30-17-8-6-14-25(30)26-15-7-9-18-31(26)40)19-20-27(28)33-32(36)34(29-16-10-11-21-37-29)39-35(38-33)23-12-4-3-5-13-23/h3-22H,1-2H3. The Labute approximate surface area is 232 Å². The van der Waals surface area contributed by atoms with E-state index in [-0.39, 0.29) is 5.41 Å². The summed E-state index contributed by atoms with van der Waals surface area (Å²) in [6.45, 7) is 4.57. The molecular formula is C36H26N4. The Balaban J connectivity index is 1.40. The number of para-hydroxylation sites is 2. The van der Waals surface area contributed by atoms with Crippen LogP contribution in [0.2, 0.25) is 0 Å². The highest BCUT2D eigenvalue weighted by molar-refractivity contribution is 6.09. The van der Waals surface area contributed by atoms with Crippen molar-refractivity contribution < 1.29 is 0 Å². The van der Waals surface area contributed by atoms with Crippen molar-refractivity contribution in [2.45, 2.75) is 19.3 Å². The van der Waals surface area contributed by atoms with Gasteiger partial charge in [0.1, 0.15) is 0 Å². The zero-order valence-corrected chi connectivity index (χ0v) is 22.3. The van der Waals surface area contributed by atoms with Crippen molar-refractivity contribution in [2.75, 3.05) is 0 Å². The van der Waals surface area contributed by atoms with Gasteiger partial charge in [0, 0.05) is 44.8 Å². The molecule has 3 heterocycles. The lowest BCUT2D eigenvalue weighted by atomic mass is 9.81. The first-order valence-corrected chi connectivity index (χ1v) is 13.6. The molecule has 190 valence electrons. The fourth-order valence-corrected chi connectivity index (χ4v) is 6.38. The first-order valence-electron chi connectivity index (χ1n) is 13.6. The third-order valence-corrected chi connectivity index (χ3v) is 8.24. The van der Waals surface area contributed by atoms with E-state index in [4.69, 9.17) is 15.0 Å². The average molecular weight is 515 g/mol. The zero-order chi connectivity index (χ0) is 26.8. The lowest BCUT2D eigenvalue weighted by molar-refractivity contribution is 0.657. The van der Waals surface area contributed by atoms with E-state index >= 15 is 0 Å². The summed E-state index contributed by atoms with van der Waals surface area (Å²) in [5.41, 5.74) is 10.5. The summed E-state index contributed by atoms with van der Waals surface area (Å²) in [5.74, 6) is 0.718. The number of aromatic nitrogens is 4. The maximum absolute atomic E-state index is 5.19. The van der Waals surface area contributed by atoms with Crippen LogP contribution in [0.15, 0.2) is 121 Å². The van der Waals surface area contributed by atoms with E-state index < -0.39 is 0 Å². The second-order valence-electron chi connectivity index (χ2n) is 10.9. The van der Waals surface area contributed by atoms with Gasteiger partial charge in [-0.1, -0.05) is 92.7 Å². The largest absolute Gasteiger partial charge is 0.309 e. The van der Waals surface area contributed by atoms with Gasteiger partial charge in [0.2, 0.25) is 0 Å². The van der Waals surface area contributed by atoms with Crippen molar-refractivity contribution in [3.63, 3.8) is 0 Å². The van der Waals surface area contributed by atoms with Crippen LogP contribution in [0.25, 0.3) is 61.5 Å². The predicted octanol–water partition coefficient (Wildman–Crippen LogP) is 8.61. The molecule has 0 N–H and O–H groups in total. The van der Waals surface area contributed by atoms with Gasteiger partial charge >= 0.3 is 0 Å². The summed E-state index contributed by atoms with van der Waals surface area (Å²) < 4.78 is 2.38. The molecule has 40 heavy (non-hydrogen) atoms. The van der Waals surface area contributed by atoms with Gasteiger partial charge in [-0.05, 0) is 42.0 Å². The molecule has 0 saturated carbocycles. The van der Waals surface area contributed by atoms with Gasteiger partial charge in [0.15, 0.2) is 5.82 Å². The first kappa shape index (κ1) is 22.9. The highest BCUT2D eigenvalue weighted by Crippen LogP contribution is 2.52. The fourth-order valence-electron chi connectivity index (χ4n) is 6.38. The number of pyridine rings is 1. The molecule has 0 atom stereocenters. The molecule has 0 bridgehead atoms. The minimum absolute atomic E-state index is 0.318. The number of rotatable bonds is 3. The molecule has 0 fully saturated rings. The van der Waals surface area contributed by atoms with Gasteiger partial charge in [-0.3, -0.25) is 4.98 Å². The minimum atomic E-state index is -0.318. The maximum Gasteiger partial charge on any atom is 0.160 e. The molecule has 4 nitrogen and oxygen atoms in total. The van der Waals surface area contributed by atoms with Crippen molar-refractivity contribution in [2.24, 2.45) is 0 Å². The van der Waals surface area contributed by atoms with Gasteiger partial charge < -0.3 is 4.57 Å². The molecule has 7 aromatic rings. The van der Waals surface area contributed by atoms with Crippen LogP contribution in [-0.4, -0.2) is 19.5 Å². The molecule has 4 heteroatoms. The van der Waals surface area contributed by atoms with Crippen molar-refractivity contribution in [1.29, 1.82) is 0 Å². The van der Waals surface area contributed by atoms with E-state index in [1.165, 1.54) is 27.4 Å². The van der Waals surface area contributed by atoms with Crippen LogP contribution in [0.1, 0.15) is 25.0 Å². The third-order valence-electron chi connectivity index (χ3n) is 8.24. The SMILES string of the molecule is CC1(C)c2cc(-n3c4ccccc4c4ccccc43)ccc2-c2nc(-c3ccccc3)nc(-c3ccccn3)c21. The smallest absolute Gasteiger partial charge is 0.160 e. The van der Waals surface area contributed by atoms with Crippen LogP contribution in [-0.2, 0) is 5.41 Å². The number of hydrogen-bond acceptors (Lipinski definition) is 3. The minimum Gasteiger partial charge on any atom is -0.309 e. The molecule has 8 rings (SSSR count). The molecule has 4 aromatic carbocycles. The second kappa shape index (κ2) is 8.45. The quantitative estimate of drug-likeness (QED) is 0.237. The Morgan fingerprint density at radius 2 is 1.27 bits per heavy atom. The van der Waals surface area contributed by atoms with Crippen molar-refractivity contribution in [3.8, 4) is 39.7 Å². The maximum atomic E-state index is 5.19. The molecule has 1 aliphatic carbocycles. The second-order valence-corrected chi connectivity index (χ2v) is 10.9. The predicted molar refractivity (Wildman–Crippen MR) is 163 cm³/mol. The van der Waals surface area contributed by atoms with E-state index in [0.29, 0.717) is 0 Å². The van der Waals surface area contributed by atoms with Crippen molar-refractivity contribution >= 4 is 21.8 Å². The summed E-state index contributed by atoms with van der Waals surface area (Å²) in [7, 11) is 0. The molecule has 0 unspecified atom stereocenters. The highest BCUT2D eigenvalue weighted by atomic mass is 15.0. The Bertz CT molecular complexity index is 2020. The van der Waals surface area contributed by atoms with Gasteiger partial charge in [-0.15, -0.1) is 0 Å². The summed E-state index contributed by atoms with van der Waals surface area (Å²) in [6, 6.07) is 40.3. The molecule has 0 radical (unpaired) electrons. The monoisotopic (exact) mass is 514 g/mol. The lowest BCUT2D eigenvalue weighted by Gasteiger charge is -2.24. The highest BCUT2D eigenvalue weighted by Gasteiger charge is 2.40. The van der Waals surface area contributed by atoms with Crippen LogP contribution in [0.4, 0.5) is 0 Å². The average Bonchev–Trinajstić information content (AvgIpc) is 3.46. The van der Waals surface area contributed by atoms with Gasteiger partial charge in [0.25, 0.3) is 0 Å². The molecule has 0 amide bonds. The molecule has 0 saturated heterocycles. The normalized spacial score (nSPS) is 13.4. The summed E-state index contributed by atoms with van der Waals surface area (Å²) in [5, 5.41) is 2.52. The number of nitrogens with zero attached hydrogens (tertiary/aromatic N) is 4. The number of hydrogen-bond donors (Lipinski definition) is 0. The Hall–Kier alpha value is -5.09. The Morgan fingerprint density at radius 3 is 1.98 bits per heavy atom. The molecule has 1 aliphatic rings. The molecule has 0 aliphatic heterocycles. The van der Waals surface area contributed by atoms with Crippen LogP contribution in [0.5, 0.6) is 0 Å². The van der Waals surface area contributed by atoms with Crippen molar-refractivity contribution in [1.82, 2.24) is 19.5 Å². The van der Waals surface area contributed by atoms with E-state index in [0.717, 1.165) is 45.3 Å². The van der Waals surface area contributed by atoms with Gasteiger partial charge in [-0.25, -0.2) is 9.97 Å². The van der Waals surface area contributed by atoms with Crippen LogP contribution in [0.3, 0.4) is 0 Å². The van der Waals surface area contributed by atoms with E-state index in [9.17, 15) is 0 Å². The number of fused-ring (bicyclic) bond motifs is 6. The van der Waals surface area contributed by atoms with Gasteiger partial charge in [-0.2, -0.15) is 0 Å². The Morgan fingerprint density at radius 1 is 0.625 bits per heavy atom. The molecule has 0 spiro atoms. The molecule has 3 aromatic heterocycles. The Kier molecular flexibility index (Phi) is 4.83. The fraction of sp³-hybridized carbons (Fsp3) is 0.0833. The third kappa shape index (κ3) is 3.23. The van der Waals surface area contributed by atoms with E-state index in [1.807, 2.05) is 42.6 Å². The van der Waals surface area contributed by atoms with Gasteiger partial charge in [0.05, 0.1) is 28.1 Å². The van der Waals surface area contributed by atoms with Crippen LogP contribution >= 0.6 is 0 Å². The first-order chi connectivity index (χ1) is 19.6. The van der Waals surface area contributed by atoms with Crippen LogP contribution < -0.4 is 0 Å².